The molecule has 0 amide bonds. The Morgan fingerprint density at radius 3 is 1.47 bits per heavy atom. The van der Waals surface area contributed by atoms with E-state index >= 15 is 0 Å². The van der Waals surface area contributed by atoms with Gasteiger partial charge in [0.25, 0.3) is 0 Å². The molecule has 2 aliphatic heterocycles. The first-order valence-electron chi connectivity index (χ1n) is 25.7. The fraction of sp³-hybridized carbons (Fsp3) is 0.722. The number of carbonyl (C=O) groups excluding carboxylic acids is 1. The lowest BCUT2D eigenvalue weighted by Gasteiger charge is -2.42. The van der Waals surface area contributed by atoms with Gasteiger partial charge in [-0.15, -0.1) is 0 Å². The molecule has 2 heterocycles. The van der Waals surface area contributed by atoms with Crippen LogP contribution in [0.1, 0.15) is 149 Å². The Morgan fingerprint density at radius 1 is 0.500 bits per heavy atom. The summed E-state index contributed by atoms with van der Waals surface area (Å²) in [6, 6.07) is 0. The van der Waals surface area contributed by atoms with Crippen molar-refractivity contribution in [2.24, 2.45) is 0 Å². The van der Waals surface area contributed by atoms with Crippen molar-refractivity contribution in [1.82, 2.24) is 0 Å². The first-order chi connectivity index (χ1) is 33.1. The van der Waals surface area contributed by atoms with E-state index in [1.807, 2.05) is 0 Å². The molecule has 7 N–H and O–H groups in total. The number of aliphatic hydroxyl groups excluding tert-OH is 7. The lowest BCUT2D eigenvalue weighted by atomic mass is 9.98. The van der Waals surface area contributed by atoms with Gasteiger partial charge in [-0.05, 0) is 70.6 Å². The zero-order chi connectivity index (χ0) is 49.5. The van der Waals surface area contributed by atoms with Crippen LogP contribution in [-0.4, -0.2) is 142 Å². The van der Waals surface area contributed by atoms with E-state index in [1.54, 1.807) is 0 Å². The number of ether oxygens (including phenoxy) is 6. The Labute approximate surface area is 408 Å². The smallest absolute Gasteiger partial charge is 0.306 e. The monoisotopic (exact) mass is 963 g/mol. The zero-order valence-corrected chi connectivity index (χ0v) is 41.3. The van der Waals surface area contributed by atoms with Gasteiger partial charge in [-0.1, -0.05) is 157 Å². The van der Waals surface area contributed by atoms with Crippen molar-refractivity contribution in [3.8, 4) is 0 Å². The van der Waals surface area contributed by atoms with Crippen molar-refractivity contribution >= 4 is 5.97 Å². The van der Waals surface area contributed by atoms with E-state index in [9.17, 15) is 40.5 Å². The second-order valence-corrected chi connectivity index (χ2v) is 17.6. The van der Waals surface area contributed by atoms with Crippen molar-refractivity contribution in [1.29, 1.82) is 0 Å². The summed E-state index contributed by atoms with van der Waals surface area (Å²) < 4.78 is 34.1. The van der Waals surface area contributed by atoms with Gasteiger partial charge in [0.05, 0.1) is 26.4 Å². The summed E-state index contributed by atoms with van der Waals surface area (Å²) in [6.07, 6.45) is 35.2. The molecule has 0 spiro atoms. The van der Waals surface area contributed by atoms with Gasteiger partial charge in [0.15, 0.2) is 12.6 Å². The molecule has 14 heteroatoms. The van der Waals surface area contributed by atoms with Crippen LogP contribution in [0.25, 0.3) is 0 Å². The van der Waals surface area contributed by atoms with Crippen LogP contribution in [0.3, 0.4) is 0 Å². The van der Waals surface area contributed by atoms with Crippen LogP contribution in [0.2, 0.25) is 0 Å². The van der Waals surface area contributed by atoms with Gasteiger partial charge in [-0.3, -0.25) is 4.79 Å². The number of hydrogen-bond acceptors (Lipinski definition) is 14. The number of aliphatic hydroxyl groups is 7. The van der Waals surface area contributed by atoms with Crippen LogP contribution in [0, 0.1) is 0 Å². The maximum atomic E-state index is 12.9. The molecule has 14 nitrogen and oxygen atoms in total. The van der Waals surface area contributed by atoms with Crippen molar-refractivity contribution in [3.63, 3.8) is 0 Å². The van der Waals surface area contributed by atoms with E-state index in [4.69, 9.17) is 28.4 Å². The minimum Gasteiger partial charge on any atom is -0.457 e. The third kappa shape index (κ3) is 28.1. The Bertz CT molecular complexity index is 1440. The third-order valence-electron chi connectivity index (χ3n) is 11.7. The molecule has 390 valence electrons. The molecule has 0 aliphatic carbocycles. The SMILES string of the molecule is CC/C=C\C/C=C\C/C=C\C/C=C\C/C=C\C/C=C\C/C=C\CCCCOCC(COC1OC(COC2OC(CO)C(O)C(O)C2O)C(O)C(O)C1O)OC(=O)CCCCCCCCCCCC. The Hall–Kier alpha value is -2.83. The highest BCUT2D eigenvalue weighted by atomic mass is 16.7. The van der Waals surface area contributed by atoms with Gasteiger partial charge < -0.3 is 64.2 Å². The summed E-state index contributed by atoms with van der Waals surface area (Å²) in [5.41, 5.74) is 0. The van der Waals surface area contributed by atoms with Gasteiger partial charge in [-0.2, -0.15) is 0 Å². The van der Waals surface area contributed by atoms with E-state index in [0.717, 1.165) is 83.5 Å². The number of esters is 1. The van der Waals surface area contributed by atoms with E-state index in [2.05, 4.69) is 98.9 Å². The molecule has 2 fully saturated rings. The molecular weight excluding hydrogens is 873 g/mol. The molecule has 0 aromatic heterocycles. The van der Waals surface area contributed by atoms with Gasteiger partial charge in [-0.25, -0.2) is 0 Å². The standard InChI is InChI=1S/C54H90O14/c1-3-5-7-9-11-13-15-16-17-18-19-20-21-22-23-24-25-26-27-28-30-32-34-36-38-63-40-43(66-46(56)37-35-33-31-29-14-12-10-8-6-4-2)41-64-53-52(62)50(60)48(58)45(68-53)42-65-54-51(61)49(59)47(57)44(39-55)67-54/h5,7,11,13,16-17,19-20,22-23,25-26,28,30,43-45,47-55,57-62H,3-4,6,8-10,12,14-15,18,21,24,27,29,31-42H2,1-2H3/b7-5-,13-11-,17-16-,20-19-,23-22-,26-25-,30-28-. The Balaban J connectivity index is 1.76. The molecule has 0 bridgehead atoms. The Kier molecular flexibility index (Phi) is 36.8. The topological polar surface area (TPSA) is 214 Å². The van der Waals surface area contributed by atoms with Crippen LogP contribution >= 0.6 is 0 Å². The fourth-order valence-corrected chi connectivity index (χ4v) is 7.50. The van der Waals surface area contributed by atoms with Crippen molar-refractivity contribution in [2.75, 3.05) is 33.0 Å². The molecule has 2 aliphatic rings. The van der Waals surface area contributed by atoms with E-state index < -0.39 is 86.7 Å². The fourth-order valence-electron chi connectivity index (χ4n) is 7.50. The highest BCUT2D eigenvalue weighted by Gasteiger charge is 2.47. The molecule has 2 saturated heterocycles. The van der Waals surface area contributed by atoms with Crippen LogP contribution in [0.4, 0.5) is 0 Å². The molecule has 11 atom stereocenters. The highest BCUT2D eigenvalue weighted by molar-refractivity contribution is 5.69. The summed E-state index contributed by atoms with van der Waals surface area (Å²) in [4.78, 5) is 12.9. The number of rotatable bonds is 39. The number of allylic oxidation sites excluding steroid dienone is 14. The molecule has 0 aromatic rings. The normalized spacial score (nSPS) is 26.6. The molecule has 0 saturated carbocycles. The third-order valence-corrected chi connectivity index (χ3v) is 11.7. The predicted octanol–water partition coefficient (Wildman–Crippen LogP) is 7.68. The second kappa shape index (κ2) is 40.9. The number of unbranched alkanes of at least 4 members (excludes halogenated alkanes) is 11. The predicted molar refractivity (Wildman–Crippen MR) is 265 cm³/mol. The zero-order valence-electron chi connectivity index (χ0n) is 41.3. The van der Waals surface area contributed by atoms with Crippen LogP contribution < -0.4 is 0 Å². The largest absolute Gasteiger partial charge is 0.457 e. The summed E-state index contributed by atoms with van der Waals surface area (Å²) in [5, 5.41) is 72.0. The van der Waals surface area contributed by atoms with Gasteiger partial charge >= 0.3 is 5.97 Å². The molecule has 11 unspecified atom stereocenters. The summed E-state index contributed by atoms with van der Waals surface area (Å²) >= 11 is 0. The molecule has 0 radical (unpaired) electrons. The van der Waals surface area contributed by atoms with Gasteiger partial charge in [0.1, 0.15) is 54.9 Å². The van der Waals surface area contributed by atoms with E-state index in [1.165, 1.54) is 38.5 Å². The quantitative estimate of drug-likeness (QED) is 0.0179. The lowest BCUT2D eigenvalue weighted by molar-refractivity contribution is -0.332. The first kappa shape index (κ1) is 61.3. The van der Waals surface area contributed by atoms with E-state index in [-0.39, 0.29) is 19.6 Å². The van der Waals surface area contributed by atoms with Crippen LogP contribution in [0.5, 0.6) is 0 Å². The van der Waals surface area contributed by atoms with Crippen molar-refractivity contribution in [3.05, 3.63) is 85.1 Å². The molecule has 2 rings (SSSR count). The average Bonchev–Trinajstić information content (AvgIpc) is 3.33. The molecular formula is C54H90O14. The van der Waals surface area contributed by atoms with Gasteiger partial charge in [0, 0.05) is 13.0 Å². The number of carbonyl (C=O) groups is 1. The van der Waals surface area contributed by atoms with Crippen molar-refractivity contribution < 1.29 is 69.0 Å². The first-order valence-corrected chi connectivity index (χ1v) is 25.7. The maximum absolute atomic E-state index is 12.9. The van der Waals surface area contributed by atoms with Crippen LogP contribution in [0.15, 0.2) is 85.1 Å². The van der Waals surface area contributed by atoms with Crippen molar-refractivity contribution in [2.45, 2.75) is 216 Å². The highest BCUT2D eigenvalue weighted by Crippen LogP contribution is 2.26. The lowest BCUT2D eigenvalue weighted by Crippen LogP contribution is -2.61. The van der Waals surface area contributed by atoms with Gasteiger partial charge in [0.2, 0.25) is 0 Å². The minimum absolute atomic E-state index is 0.0277. The maximum Gasteiger partial charge on any atom is 0.306 e. The average molecular weight is 963 g/mol. The Morgan fingerprint density at radius 2 is 0.956 bits per heavy atom. The molecule has 0 aromatic carbocycles. The molecule has 68 heavy (non-hydrogen) atoms. The number of hydrogen-bond donors (Lipinski definition) is 7. The van der Waals surface area contributed by atoms with E-state index in [0.29, 0.717) is 13.0 Å². The summed E-state index contributed by atoms with van der Waals surface area (Å²) in [5.74, 6) is -0.398. The second-order valence-electron chi connectivity index (χ2n) is 17.6. The van der Waals surface area contributed by atoms with Crippen LogP contribution in [-0.2, 0) is 33.2 Å². The summed E-state index contributed by atoms with van der Waals surface area (Å²) in [6.45, 7) is 3.41. The summed E-state index contributed by atoms with van der Waals surface area (Å²) in [7, 11) is 0. The minimum atomic E-state index is -1.72.